The Labute approximate surface area is 162 Å². The summed E-state index contributed by atoms with van der Waals surface area (Å²) in [6.07, 6.45) is 11.7. The van der Waals surface area contributed by atoms with Crippen LogP contribution >= 0.6 is 0 Å². The van der Waals surface area contributed by atoms with Crippen LogP contribution in [0.1, 0.15) is 65.7 Å². The first-order valence-corrected chi connectivity index (χ1v) is 10.5. The molecular weight excluding hydrogens is 340 g/mol. The zero-order valence-electron chi connectivity index (χ0n) is 16.8. The molecule has 0 unspecified atom stereocenters. The van der Waals surface area contributed by atoms with Crippen molar-refractivity contribution in [3.05, 3.63) is 23.3 Å². The van der Waals surface area contributed by atoms with Gasteiger partial charge in [-0.2, -0.15) is 0 Å². The molecule has 27 heavy (non-hydrogen) atoms. The van der Waals surface area contributed by atoms with E-state index < -0.39 is 0 Å². The molecule has 0 spiro atoms. The molecule has 2 fully saturated rings. The van der Waals surface area contributed by atoms with Gasteiger partial charge in [0.1, 0.15) is 12.7 Å². The van der Waals surface area contributed by atoms with E-state index in [1.807, 2.05) is 0 Å². The fourth-order valence-corrected chi connectivity index (χ4v) is 7.05. The molecule has 4 aliphatic rings. The first-order chi connectivity index (χ1) is 12.8. The molecule has 0 heterocycles. The summed E-state index contributed by atoms with van der Waals surface area (Å²) >= 11 is 0. The average Bonchev–Trinajstić information content (AvgIpc) is 2.98. The topological polar surface area (TPSA) is 63.6 Å². The maximum absolute atomic E-state index is 12.3. The van der Waals surface area contributed by atoms with E-state index in [1.165, 1.54) is 12.5 Å². The number of allylic oxidation sites excluding steroid dienone is 2. The van der Waals surface area contributed by atoms with Gasteiger partial charge in [0, 0.05) is 13.3 Å². The standard InChI is InChI=1S/C23H32O4/c1-14(25)27-16-8-10-22(2)15(12-16)4-5-17-18-6-7-20(21(26)13-24)23(18,3)11-9-19(17)22/h4,7,16-19,24H,5-6,8-13H2,1-3H3/t16-,17-,18-,19-,22-,23-/m0/s1. The van der Waals surface area contributed by atoms with E-state index in [2.05, 4.69) is 26.0 Å². The van der Waals surface area contributed by atoms with Crippen molar-refractivity contribution < 1.29 is 19.4 Å². The zero-order chi connectivity index (χ0) is 19.4. The molecule has 0 aromatic rings. The highest BCUT2D eigenvalue weighted by atomic mass is 16.5. The molecule has 6 atom stereocenters. The number of Topliss-reactive ketones (excluding diaryl/α,β-unsaturated/α-hetero) is 1. The average molecular weight is 373 g/mol. The first-order valence-electron chi connectivity index (χ1n) is 10.5. The Morgan fingerprint density at radius 2 is 1.85 bits per heavy atom. The van der Waals surface area contributed by atoms with Crippen molar-refractivity contribution in [1.29, 1.82) is 0 Å². The Hall–Kier alpha value is -1.42. The van der Waals surface area contributed by atoms with Crippen molar-refractivity contribution in [2.75, 3.05) is 6.61 Å². The maximum Gasteiger partial charge on any atom is 0.302 e. The van der Waals surface area contributed by atoms with Crippen LogP contribution in [0.4, 0.5) is 0 Å². The van der Waals surface area contributed by atoms with Gasteiger partial charge in [-0.25, -0.2) is 0 Å². The third-order valence-corrected chi connectivity index (χ3v) is 8.42. The second kappa shape index (κ2) is 6.58. The summed E-state index contributed by atoms with van der Waals surface area (Å²) in [5, 5.41) is 9.38. The van der Waals surface area contributed by atoms with Gasteiger partial charge in [0.15, 0.2) is 5.78 Å². The van der Waals surface area contributed by atoms with Gasteiger partial charge < -0.3 is 9.84 Å². The summed E-state index contributed by atoms with van der Waals surface area (Å²) in [6.45, 7) is 5.80. The Kier molecular flexibility index (Phi) is 4.61. The fraction of sp³-hybridized carbons (Fsp3) is 0.739. The number of carbonyl (C=O) groups excluding carboxylic acids is 2. The van der Waals surface area contributed by atoms with Crippen molar-refractivity contribution in [2.24, 2.45) is 28.6 Å². The highest BCUT2D eigenvalue weighted by Gasteiger charge is 2.57. The van der Waals surface area contributed by atoms with Gasteiger partial charge in [0.05, 0.1) is 0 Å². The summed E-state index contributed by atoms with van der Waals surface area (Å²) in [5.74, 6) is 1.49. The summed E-state index contributed by atoms with van der Waals surface area (Å²) in [4.78, 5) is 23.6. The molecule has 4 aliphatic carbocycles. The lowest BCUT2D eigenvalue weighted by Gasteiger charge is -2.57. The molecule has 0 saturated heterocycles. The van der Waals surface area contributed by atoms with Gasteiger partial charge in [0.2, 0.25) is 0 Å². The number of aliphatic hydroxyl groups excluding tert-OH is 1. The molecular formula is C23H32O4. The Morgan fingerprint density at radius 3 is 2.56 bits per heavy atom. The normalized spacial score (nSPS) is 43.0. The van der Waals surface area contributed by atoms with Crippen LogP contribution < -0.4 is 0 Å². The molecule has 0 aromatic heterocycles. The molecule has 2 saturated carbocycles. The number of carbonyl (C=O) groups is 2. The van der Waals surface area contributed by atoms with Crippen LogP contribution in [0.25, 0.3) is 0 Å². The van der Waals surface area contributed by atoms with E-state index >= 15 is 0 Å². The van der Waals surface area contributed by atoms with Crippen molar-refractivity contribution in [3.63, 3.8) is 0 Å². The van der Waals surface area contributed by atoms with E-state index in [-0.39, 0.29) is 35.3 Å². The number of fused-ring (bicyclic) bond motifs is 5. The highest BCUT2D eigenvalue weighted by Crippen LogP contribution is 2.65. The van der Waals surface area contributed by atoms with Crippen molar-refractivity contribution in [2.45, 2.75) is 71.8 Å². The van der Waals surface area contributed by atoms with Crippen molar-refractivity contribution in [1.82, 2.24) is 0 Å². The Bertz CT molecular complexity index is 720. The monoisotopic (exact) mass is 372 g/mol. The quantitative estimate of drug-likeness (QED) is 0.601. The predicted molar refractivity (Wildman–Crippen MR) is 103 cm³/mol. The van der Waals surface area contributed by atoms with Gasteiger partial charge in [-0.3, -0.25) is 9.59 Å². The molecule has 148 valence electrons. The van der Waals surface area contributed by atoms with Crippen LogP contribution in [0.15, 0.2) is 23.3 Å². The van der Waals surface area contributed by atoms with E-state index in [0.29, 0.717) is 17.8 Å². The van der Waals surface area contributed by atoms with Gasteiger partial charge in [-0.15, -0.1) is 0 Å². The van der Waals surface area contributed by atoms with Gasteiger partial charge in [0.25, 0.3) is 0 Å². The first kappa shape index (κ1) is 18.9. The Morgan fingerprint density at radius 1 is 1.11 bits per heavy atom. The van der Waals surface area contributed by atoms with Crippen LogP contribution in [0.3, 0.4) is 0 Å². The molecule has 4 nitrogen and oxygen atoms in total. The van der Waals surface area contributed by atoms with Gasteiger partial charge in [-0.05, 0) is 72.7 Å². The number of esters is 1. The van der Waals surface area contributed by atoms with Crippen molar-refractivity contribution in [3.8, 4) is 0 Å². The van der Waals surface area contributed by atoms with E-state index in [4.69, 9.17) is 4.74 Å². The summed E-state index contributed by atoms with van der Waals surface area (Å²) in [5.41, 5.74) is 2.50. The van der Waals surface area contributed by atoms with Crippen molar-refractivity contribution >= 4 is 11.8 Å². The minimum atomic E-state index is -0.373. The summed E-state index contributed by atoms with van der Waals surface area (Å²) in [7, 11) is 0. The molecule has 0 radical (unpaired) electrons. The number of hydrogen-bond donors (Lipinski definition) is 1. The minimum Gasteiger partial charge on any atom is -0.462 e. The third kappa shape index (κ3) is 2.83. The van der Waals surface area contributed by atoms with Gasteiger partial charge in [-0.1, -0.05) is 31.6 Å². The molecule has 1 N–H and O–H groups in total. The number of aliphatic hydroxyl groups is 1. The van der Waals surface area contributed by atoms with Crippen LogP contribution in [0.2, 0.25) is 0 Å². The molecule has 4 heteroatoms. The van der Waals surface area contributed by atoms with Crippen LogP contribution in [-0.2, 0) is 14.3 Å². The minimum absolute atomic E-state index is 0.0363. The highest BCUT2D eigenvalue weighted by molar-refractivity contribution is 5.98. The SMILES string of the molecule is CC(=O)O[C@H]1CC[C@@]2(C)C(=CC[C@@H]3[C@@H]2CC[C@]2(C)C(C(=O)CO)=CC[C@@H]32)C1. The molecule has 4 rings (SSSR count). The zero-order valence-corrected chi connectivity index (χ0v) is 16.8. The van der Waals surface area contributed by atoms with E-state index in [9.17, 15) is 14.7 Å². The lowest BCUT2D eigenvalue weighted by atomic mass is 9.47. The number of ether oxygens (including phenoxy) is 1. The van der Waals surface area contributed by atoms with Gasteiger partial charge >= 0.3 is 5.97 Å². The van der Waals surface area contributed by atoms with Crippen LogP contribution in [-0.4, -0.2) is 29.6 Å². The maximum atomic E-state index is 12.3. The fourth-order valence-electron chi connectivity index (χ4n) is 7.05. The largest absolute Gasteiger partial charge is 0.462 e. The summed E-state index contributed by atoms with van der Waals surface area (Å²) < 4.78 is 5.51. The smallest absolute Gasteiger partial charge is 0.302 e. The van der Waals surface area contributed by atoms with Crippen LogP contribution in [0.5, 0.6) is 0 Å². The Balaban J connectivity index is 1.58. The second-order valence-electron chi connectivity index (χ2n) is 9.62. The molecule has 0 amide bonds. The number of rotatable bonds is 3. The lowest BCUT2D eigenvalue weighted by Crippen LogP contribution is -2.50. The lowest BCUT2D eigenvalue weighted by molar-refractivity contribution is -0.148. The number of ketones is 1. The molecule has 0 aromatic carbocycles. The van der Waals surface area contributed by atoms with Crippen LogP contribution in [0, 0.1) is 28.6 Å². The van der Waals surface area contributed by atoms with E-state index in [1.54, 1.807) is 0 Å². The molecule has 0 bridgehead atoms. The second-order valence-corrected chi connectivity index (χ2v) is 9.62. The third-order valence-electron chi connectivity index (χ3n) is 8.42. The summed E-state index contributed by atoms with van der Waals surface area (Å²) in [6, 6.07) is 0. The molecule has 0 aliphatic heterocycles. The predicted octanol–water partition coefficient (Wildman–Crippen LogP) is 3.98. The number of hydrogen-bond acceptors (Lipinski definition) is 4. The van der Waals surface area contributed by atoms with E-state index in [0.717, 1.165) is 50.5 Å².